The van der Waals surface area contributed by atoms with Gasteiger partial charge in [0.05, 0.1) is 0 Å². The van der Waals surface area contributed by atoms with Crippen molar-refractivity contribution >= 4 is 0 Å². The first kappa shape index (κ1) is 16.3. The maximum absolute atomic E-state index is 3.89. The summed E-state index contributed by atoms with van der Waals surface area (Å²) < 4.78 is 0. The van der Waals surface area contributed by atoms with Gasteiger partial charge in [-0.1, -0.05) is 47.0 Å². The lowest BCUT2D eigenvalue weighted by atomic mass is 9.75. The number of rotatable bonds is 3. The van der Waals surface area contributed by atoms with Crippen molar-refractivity contribution < 1.29 is 0 Å². The molecule has 2 nitrogen and oxygen atoms in total. The molecule has 2 fully saturated rings. The van der Waals surface area contributed by atoms with Gasteiger partial charge >= 0.3 is 0 Å². The molecule has 0 radical (unpaired) electrons. The molecule has 1 atom stereocenters. The van der Waals surface area contributed by atoms with Crippen LogP contribution >= 0.6 is 0 Å². The molecule has 1 aliphatic heterocycles. The fraction of sp³-hybridized carbons (Fsp3) is 1.00. The van der Waals surface area contributed by atoms with Crippen LogP contribution in [0.5, 0.6) is 0 Å². The van der Waals surface area contributed by atoms with Crippen LogP contribution in [0.15, 0.2) is 0 Å². The molecule has 0 bridgehead atoms. The highest BCUT2D eigenvalue weighted by atomic mass is 15.3. The lowest BCUT2D eigenvalue weighted by molar-refractivity contribution is -0.0210. The Morgan fingerprint density at radius 1 is 1.10 bits per heavy atom. The number of piperazine rings is 1. The molecule has 2 rings (SSSR count). The predicted molar refractivity (Wildman–Crippen MR) is 88.2 cm³/mol. The first-order valence-corrected chi connectivity index (χ1v) is 8.79. The number of nitrogens with zero attached hydrogens (tertiary/aromatic N) is 1. The minimum atomic E-state index is 0.320. The summed E-state index contributed by atoms with van der Waals surface area (Å²) in [5, 5.41) is 3.89. The Morgan fingerprint density at radius 3 is 2.30 bits per heavy atom. The minimum Gasteiger partial charge on any atom is -0.308 e. The van der Waals surface area contributed by atoms with Gasteiger partial charge in [-0.2, -0.15) is 0 Å². The summed E-state index contributed by atoms with van der Waals surface area (Å²) in [4.78, 5) is 2.87. The number of hydrogen-bond acceptors (Lipinski definition) is 2. The molecular formula is C18H36N2. The molecule has 0 amide bonds. The second-order valence-corrected chi connectivity index (χ2v) is 8.78. The summed E-state index contributed by atoms with van der Waals surface area (Å²) in [6, 6.07) is 0. The maximum atomic E-state index is 3.89. The van der Waals surface area contributed by atoms with Gasteiger partial charge in [0.2, 0.25) is 0 Å². The normalized spacial score (nSPS) is 31.6. The Morgan fingerprint density at radius 2 is 1.75 bits per heavy atom. The number of hydrogen-bond donors (Lipinski definition) is 1. The van der Waals surface area contributed by atoms with Crippen LogP contribution in [0.1, 0.15) is 79.6 Å². The summed E-state index contributed by atoms with van der Waals surface area (Å²) in [7, 11) is 0. The van der Waals surface area contributed by atoms with E-state index in [4.69, 9.17) is 0 Å². The highest BCUT2D eigenvalue weighted by Gasteiger charge is 2.45. The topological polar surface area (TPSA) is 15.3 Å². The fourth-order valence-electron chi connectivity index (χ4n) is 3.86. The average Bonchev–Trinajstić information content (AvgIpc) is 2.41. The molecule has 0 aromatic rings. The Labute approximate surface area is 126 Å². The first-order valence-electron chi connectivity index (χ1n) is 8.79. The Hall–Kier alpha value is -0.0800. The third kappa shape index (κ3) is 3.76. The molecule has 0 aromatic carbocycles. The predicted octanol–water partition coefficient (Wildman–Crippen LogP) is 4.20. The van der Waals surface area contributed by atoms with Gasteiger partial charge in [-0.15, -0.1) is 0 Å². The molecule has 20 heavy (non-hydrogen) atoms. The third-order valence-corrected chi connectivity index (χ3v) is 5.75. The Balaban J connectivity index is 2.09. The van der Waals surface area contributed by atoms with Gasteiger partial charge in [0.1, 0.15) is 0 Å². The van der Waals surface area contributed by atoms with Crippen LogP contribution in [0.2, 0.25) is 0 Å². The van der Waals surface area contributed by atoms with Crippen molar-refractivity contribution in [2.75, 3.05) is 19.6 Å². The van der Waals surface area contributed by atoms with E-state index in [1.54, 1.807) is 0 Å². The van der Waals surface area contributed by atoms with Crippen molar-refractivity contribution in [3.63, 3.8) is 0 Å². The molecule has 1 saturated heterocycles. The van der Waals surface area contributed by atoms with E-state index in [-0.39, 0.29) is 0 Å². The van der Waals surface area contributed by atoms with Gasteiger partial charge in [0.25, 0.3) is 0 Å². The highest BCUT2D eigenvalue weighted by molar-refractivity contribution is 5.04. The molecule has 0 aromatic heterocycles. The van der Waals surface area contributed by atoms with Crippen molar-refractivity contribution in [1.29, 1.82) is 0 Å². The smallest absolute Gasteiger partial charge is 0.0334 e. The van der Waals surface area contributed by atoms with Crippen molar-refractivity contribution in [1.82, 2.24) is 10.2 Å². The van der Waals surface area contributed by atoms with Gasteiger partial charge in [0, 0.05) is 24.2 Å². The van der Waals surface area contributed by atoms with E-state index < -0.39 is 0 Å². The highest BCUT2D eigenvalue weighted by Crippen LogP contribution is 2.38. The molecule has 1 heterocycles. The van der Waals surface area contributed by atoms with Crippen LogP contribution in [0, 0.1) is 5.41 Å². The van der Waals surface area contributed by atoms with Crippen LogP contribution < -0.4 is 5.32 Å². The van der Waals surface area contributed by atoms with Crippen LogP contribution in [0.4, 0.5) is 0 Å². The molecule has 1 spiro atoms. The molecular weight excluding hydrogens is 244 g/mol. The SMILES string of the molecule is CCC1(C)CN(CCC(C)(C)C)C2(CCCCC2)CN1. The quantitative estimate of drug-likeness (QED) is 0.833. The van der Waals surface area contributed by atoms with Crippen LogP contribution in [-0.4, -0.2) is 35.6 Å². The monoisotopic (exact) mass is 280 g/mol. The van der Waals surface area contributed by atoms with Gasteiger partial charge in [-0.05, 0) is 44.6 Å². The summed E-state index contributed by atoms with van der Waals surface area (Å²) in [5.74, 6) is 0. The standard InChI is InChI=1S/C18H36N2/c1-6-17(5)15-20(13-12-16(2,3)4)18(14-19-17)10-8-7-9-11-18/h19H,6-15H2,1-5H3. The second-order valence-electron chi connectivity index (χ2n) is 8.78. The zero-order valence-electron chi connectivity index (χ0n) is 14.5. The van der Waals surface area contributed by atoms with Crippen molar-refractivity contribution in [3.8, 4) is 0 Å². The molecule has 1 saturated carbocycles. The summed E-state index contributed by atoms with van der Waals surface area (Å²) >= 11 is 0. The van der Waals surface area contributed by atoms with Crippen LogP contribution in [0.25, 0.3) is 0 Å². The van der Waals surface area contributed by atoms with Crippen molar-refractivity contribution in [2.24, 2.45) is 5.41 Å². The molecule has 1 unspecified atom stereocenters. The Bertz CT molecular complexity index is 312. The van der Waals surface area contributed by atoms with E-state index in [9.17, 15) is 0 Å². The third-order valence-electron chi connectivity index (χ3n) is 5.75. The lowest BCUT2D eigenvalue weighted by Gasteiger charge is -2.56. The van der Waals surface area contributed by atoms with Gasteiger partial charge < -0.3 is 5.32 Å². The van der Waals surface area contributed by atoms with E-state index >= 15 is 0 Å². The van der Waals surface area contributed by atoms with Gasteiger partial charge in [-0.25, -0.2) is 0 Å². The summed E-state index contributed by atoms with van der Waals surface area (Å²) in [5.41, 5.74) is 1.24. The Kier molecular flexibility index (Phi) is 4.86. The molecule has 1 N–H and O–H groups in total. The van der Waals surface area contributed by atoms with Crippen molar-refractivity contribution in [2.45, 2.75) is 90.6 Å². The maximum Gasteiger partial charge on any atom is 0.0334 e. The van der Waals surface area contributed by atoms with Crippen molar-refractivity contribution in [3.05, 3.63) is 0 Å². The molecule has 2 heteroatoms. The fourth-order valence-corrected chi connectivity index (χ4v) is 3.86. The first-order chi connectivity index (χ1) is 9.29. The molecule has 118 valence electrons. The van der Waals surface area contributed by atoms with E-state index in [0.717, 1.165) is 0 Å². The largest absolute Gasteiger partial charge is 0.308 e. The van der Waals surface area contributed by atoms with E-state index in [1.807, 2.05) is 0 Å². The zero-order valence-corrected chi connectivity index (χ0v) is 14.5. The van der Waals surface area contributed by atoms with Crippen LogP contribution in [0.3, 0.4) is 0 Å². The van der Waals surface area contributed by atoms with E-state index in [0.29, 0.717) is 16.5 Å². The summed E-state index contributed by atoms with van der Waals surface area (Å²) in [6.45, 7) is 15.6. The van der Waals surface area contributed by atoms with Gasteiger partial charge in [-0.3, -0.25) is 4.90 Å². The second kappa shape index (κ2) is 5.96. The average molecular weight is 280 g/mol. The van der Waals surface area contributed by atoms with E-state index in [1.165, 1.54) is 64.6 Å². The van der Waals surface area contributed by atoms with Gasteiger partial charge in [0.15, 0.2) is 0 Å². The molecule has 2 aliphatic rings. The van der Waals surface area contributed by atoms with E-state index in [2.05, 4.69) is 44.8 Å². The minimum absolute atomic E-state index is 0.320. The zero-order chi connectivity index (χ0) is 14.9. The summed E-state index contributed by atoms with van der Waals surface area (Å²) in [6.07, 6.45) is 9.66. The number of nitrogens with one attached hydrogen (secondary N) is 1. The lowest BCUT2D eigenvalue weighted by Crippen LogP contribution is -2.69. The van der Waals surface area contributed by atoms with Crippen LogP contribution in [-0.2, 0) is 0 Å². The molecule has 1 aliphatic carbocycles.